The lowest BCUT2D eigenvalue weighted by Gasteiger charge is -2.26. The molecule has 41 heavy (non-hydrogen) atoms. The molecule has 0 radical (unpaired) electrons. The van der Waals surface area contributed by atoms with Crippen LogP contribution in [-0.2, 0) is 4.74 Å². The zero-order valence-electron chi connectivity index (χ0n) is 22.8. The summed E-state index contributed by atoms with van der Waals surface area (Å²) in [6.07, 6.45) is 2.42. The number of nitrogens with one attached hydrogen (secondary N) is 1. The Morgan fingerprint density at radius 1 is 1.10 bits per heavy atom. The number of morpholine rings is 1. The molecule has 10 nitrogen and oxygen atoms in total. The summed E-state index contributed by atoms with van der Waals surface area (Å²) in [7, 11) is 1.59. The lowest BCUT2D eigenvalue weighted by Crippen LogP contribution is -2.37. The minimum atomic E-state index is -0.521. The summed E-state index contributed by atoms with van der Waals surface area (Å²) in [5.41, 5.74) is 8.14. The van der Waals surface area contributed by atoms with Crippen LogP contribution in [0.2, 0.25) is 0 Å². The number of carbonyl (C=O) groups excluding carboxylic acids is 1. The van der Waals surface area contributed by atoms with E-state index >= 15 is 0 Å². The second-order valence-electron chi connectivity index (χ2n) is 9.48. The van der Waals surface area contributed by atoms with E-state index in [-0.39, 0.29) is 0 Å². The van der Waals surface area contributed by atoms with Crippen LogP contribution in [0, 0.1) is 11.3 Å². The van der Waals surface area contributed by atoms with Crippen molar-refractivity contribution in [3.05, 3.63) is 78.0 Å². The number of aromatic nitrogens is 1. The molecule has 5 rings (SSSR count). The Morgan fingerprint density at radius 2 is 1.90 bits per heavy atom. The molecule has 4 aromatic rings. The number of pyridine rings is 1. The van der Waals surface area contributed by atoms with Gasteiger partial charge in [0.15, 0.2) is 11.5 Å². The molecule has 1 fully saturated rings. The topological polar surface area (TPSA) is 132 Å². The van der Waals surface area contributed by atoms with Gasteiger partial charge in [-0.2, -0.15) is 5.26 Å². The lowest BCUT2D eigenvalue weighted by atomic mass is 10.1. The number of anilines is 2. The van der Waals surface area contributed by atoms with E-state index in [1.54, 1.807) is 49.7 Å². The predicted octanol–water partition coefficient (Wildman–Crippen LogP) is 4.85. The van der Waals surface area contributed by atoms with Crippen LogP contribution in [0.4, 0.5) is 11.4 Å². The highest BCUT2D eigenvalue weighted by molar-refractivity contribution is 5.97. The normalized spacial score (nSPS) is 13.4. The van der Waals surface area contributed by atoms with E-state index in [1.807, 2.05) is 24.3 Å². The number of nitrogens with two attached hydrogens (primary N) is 1. The fourth-order valence-corrected chi connectivity index (χ4v) is 4.59. The minimum absolute atomic E-state index is 0.367. The number of fused-ring (bicyclic) bond motifs is 1. The molecular formula is C31H31N5O5. The monoisotopic (exact) mass is 553 g/mol. The van der Waals surface area contributed by atoms with Crippen LogP contribution in [0.3, 0.4) is 0 Å². The van der Waals surface area contributed by atoms with Crippen molar-refractivity contribution < 1.29 is 23.7 Å². The molecule has 0 atom stereocenters. The fourth-order valence-electron chi connectivity index (χ4n) is 4.59. The molecule has 0 unspecified atom stereocenters. The minimum Gasteiger partial charge on any atom is -0.493 e. The average Bonchev–Trinajstić information content (AvgIpc) is 3.00. The summed E-state index contributed by atoms with van der Waals surface area (Å²) >= 11 is 0. The number of hydrogen-bond acceptors (Lipinski definition) is 9. The van der Waals surface area contributed by atoms with Crippen molar-refractivity contribution in [1.29, 1.82) is 5.26 Å². The molecule has 0 spiro atoms. The van der Waals surface area contributed by atoms with Gasteiger partial charge in [0.2, 0.25) is 5.91 Å². The average molecular weight is 554 g/mol. The summed E-state index contributed by atoms with van der Waals surface area (Å²) in [5.74, 6) is 1.72. The summed E-state index contributed by atoms with van der Waals surface area (Å²) in [6.45, 7) is 4.93. The van der Waals surface area contributed by atoms with Gasteiger partial charge in [-0.1, -0.05) is 6.07 Å². The van der Waals surface area contributed by atoms with Crippen LogP contribution in [0.1, 0.15) is 22.3 Å². The maximum Gasteiger partial charge on any atom is 0.248 e. The van der Waals surface area contributed by atoms with Crippen molar-refractivity contribution in [2.24, 2.45) is 5.73 Å². The van der Waals surface area contributed by atoms with Crippen LogP contribution in [0.5, 0.6) is 23.0 Å². The molecule has 10 heteroatoms. The number of nitrogens with zero attached hydrogens (tertiary/aromatic N) is 3. The third-order valence-electron chi connectivity index (χ3n) is 6.73. The SMILES string of the molecule is COc1cc2c(Nc3ccc(Oc4cccc(C(N)=O)c4)cc3)c(C#N)cnc2cc1OCCCN1CCOCC1. The Kier molecular flexibility index (Phi) is 8.79. The van der Waals surface area contributed by atoms with Crippen molar-refractivity contribution in [3.8, 4) is 29.1 Å². The van der Waals surface area contributed by atoms with Crippen LogP contribution in [0.15, 0.2) is 66.9 Å². The van der Waals surface area contributed by atoms with E-state index in [9.17, 15) is 10.1 Å². The highest BCUT2D eigenvalue weighted by atomic mass is 16.5. The summed E-state index contributed by atoms with van der Waals surface area (Å²) < 4.78 is 23.0. The van der Waals surface area contributed by atoms with Gasteiger partial charge < -0.3 is 30.0 Å². The van der Waals surface area contributed by atoms with Crippen molar-refractivity contribution >= 4 is 28.2 Å². The number of ether oxygens (including phenoxy) is 4. The van der Waals surface area contributed by atoms with E-state index in [0.29, 0.717) is 51.9 Å². The van der Waals surface area contributed by atoms with E-state index in [1.165, 1.54) is 0 Å². The first-order valence-electron chi connectivity index (χ1n) is 13.3. The van der Waals surface area contributed by atoms with E-state index < -0.39 is 5.91 Å². The largest absolute Gasteiger partial charge is 0.493 e. The first-order valence-corrected chi connectivity index (χ1v) is 13.3. The lowest BCUT2D eigenvalue weighted by molar-refractivity contribution is 0.0357. The predicted molar refractivity (Wildman–Crippen MR) is 155 cm³/mol. The Bertz CT molecular complexity index is 1560. The van der Waals surface area contributed by atoms with Gasteiger partial charge in [0.25, 0.3) is 0 Å². The Hall–Kier alpha value is -4.85. The summed E-state index contributed by atoms with van der Waals surface area (Å²) in [6, 6.07) is 19.8. The molecule has 0 bridgehead atoms. The van der Waals surface area contributed by atoms with Crippen LogP contribution < -0.4 is 25.3 Å². The quantitative estimate of drug-likeness (QED) is 0.250. The maximum absolute atomic E-state index is 11.5. The number of amides is 1. The Morgan fingerprint density at radius 3 is 2.63 bits per heavy atom. The third-order valence-corrected chi connectivity index (χ3v) is 6.73. The maximum atomic E-state index is 11.5. The van der Waals surface area contributed by atoms with Gasteiger partial charge in [0.05, 0.1) is 43.7 Å². The van der Waals surface area contributed by atoms with Gasteiger partial charge in [-0.3, -0.25) is 14.7 Å². The van der Waals surface area contributed by atoms with E-state index in [2.05, 4.69) is 21.3 Å². The van der Waals surface area contributed by atoms with Crippen molar-refractivity contribution in [2.45, 2.75) is 6.42 Å². The van der Waals surface area contributed by atoms with Gasteiger partial charge in [-0.25, -0.2) is 0 Å². The highest BCUT2D eigenvalue weighted by Crippen LogP contribution is 2.37. The van der Waals surface area contributed by atoms with Crippen molar-refractivity contribution in [2.75, 3.05) is 51.9 Å². The third kappa shape index (κ3) is 6.84. The number of hydrogen-bond donors (Lipinski definition) is 2. The molecule has 0 saturated carbocycles. The Labute approximate surface area is 238 Å². The highest BCUT2D eigenvalue weighted by Gasteiger charge is 2.16. The molecule has 1 aliphatic heterocycles. The molecule has 1 aliphatic rings. The molecule has 1 saturated heterocycles. The van der Waals surface area contributed by atoms with Gasteiger partial charge in [-0.15, -0.1) is 0 Å². The molecule has 0 aliphatic carbocycles. The number of benzene rings is 3. The zero-order valence-corrected chi connectivity index (χ0v) is 22.8. The number of methoxy groups -OCH3 is 1. The zero-order chi connectivity index (χ0) is 28.6. The Balaban J connectivity index is 1.32. The first-order chi connectivity index (χ1) is 20.0. The molecule has 210 valence electrons. The standard InChI is InChI=1S/C31H31N5O5/c1-38-28-17-26-27(18-29(28)40-13-3-10-36-11-14-39-15-12-36)34-20-22(19-32)30(26)35-23-6-8-24(9-7-23)41-25-5-2-4-21(16-25)31(33)37/h2,4-9,16-18,20H,3,10-15H2,1H3,(H2,33,37)(H,34,35). The second kappa shape index (κ2) is 13.0. The van der Waals surface area contributed by atoms with Crippen molar-refractivity contribution in [3.63, 3.8) is 0 Å². The molecule has 1 amide bonds. The number of primary amides is 1. The van der Waals surface area contributed by atoms with Gasteiger partial charge in [-0.05, 0) is 55.0 Å². The molecule has 3 N–H and O–H groups in total. The van der Waals surface area contributed by atoms with Crippen LogP contribution in [-0.4, -0.2) is 62.4 Å². The van der Waals surface area contributed by atoms with Crippen LogP contribution in [0.25, 0.3) is 10.9 Å². The number of carbonyl (C=O) groups is 1. The van der Waals surface area contributed by atoms with Gasteiger partial charge in [0.1, 0.15) is 17.6 Å². The molecule has 1 aromatic heterocycles. The smallest absolute Gasteiger partial charge is 0.248 e. The van der Waals surface area contributed by atoms with E-state index in [4.69, 9.17) is 24.7 Å². The van der Waals surface area contributed by atoms with Crippen molar-refractivity contribution in [1.82, 2.24) is 9.88 Å². The second-order valence-corrected chi connectivity index (χ2v) is 9.48. The first kappa shape index (κ1) is 27.7. The summed E-state index contributed by atoms with van der Waals surface area (Å²) in [4.78, 5) is 18.3. The van der Waals surface area contributed by atoms with Crippen LogP contribution >= 0.6 is 0 Å². The van der Waals surface area contributed by atoms with E-state index in [0.717, 1.165) is 50.3 Å². The number of rotatable bonds is 11. The molecular weight excluding hydrogens is 522 g/mol. The molecule has 2 heterocycles. The van der Waals surface area contributed by atoms with Gasteiger partial charge in [0, 0.05) is 48.5 Å². The molecule has 3 aromatic carbocycles. The van der Waals surface area contributed by atoms with Gasteiger partial charge >= 0.3 is 0 Å². The fraction of sp³-hybridized carbons (Fsp3) is 0.258. The number of nitriles is 1. The summed E-state index contributed by atoms with van der Waals surface area (Å²) in [5, 5.41) is 13.9.